The maximum absolute atomic E-state index is 13.8. The molecule has 0 radical (unpaired) electrons. The van der Waals surface area contributed by atoms with Crippen LogP contribution in [0.5, 0.6) is 0 Å². The van der Waals surface area contributed by atoms with E-state index in [1.165, 1.54) is 24.3 Å². The van der Waals surface area contributed by atoms with Gasteiger partial charge in [-0.25, -0.2) is 12.8 Å². The van der Waals surface area contributed by atoms with Crippen molar-refractivity contribution in [2.24, 2.45) is 0 Å². The molecule has 0 atom stereocenters. The molecule has 2 rings (SSSR count). The van der Waals surface area contributed by atoms with Crippen LogP contribution in [-0.4, -0.2) is 15.0 Å². The molecular formula is C14H14ClFN2O2S. The molecule has 4 nitrogen and oxygen atoms in total. The van der Waals surface area contributed by atoms with Crippen LogP contribution in [0.3, 0.4) is 0 Å². The molecule has 0 heterocycles. The Bertz CT molecular complexity index is 750. The van der Waals surface area contributed by atoms with Crippen LogP contribution in [0, 0.1) is 5.82 Å². The average molecular weight is 329 g/mol. The second kappa shape index (κ2) is 6.43. The van der Waals surface area contributed by atoms with Crippen LogP contribution in [0.15, 0.2) is 47.4 Å². The van der Waals surface area contributed by atoms with Crippen molar-refractivity contribution in [3.63, 3.8) is 0 Å². The van der Waals surface area contributed by atoms with E-state index in [-0.39, 0.29) is 10.7 Å². The van der Waals surface area contributed by atoms with Crippen molar-refractivity contribution < 1.29 is 18.5 Å². The molecule has 2 aromatic carbocycles. The Balaban J connectivity index is 2.40. The highest BCUT2D eigenvalue weighted by Gasteiger charge is 2.13. The van der Waals surface area contributed by atoms with E-state index in [9.17, 15) is 12.8 Å². The van der Waals surface area contributed by atoms with Crippen molar-refractivity contribution in [1.82, 2.24) is 0 Å². The Morgan fingerprint density at radius 3 is 2.57 bits per heavy atom. The van der Waals surface area contributed by atoms with Crippen molar-refractivity contribution in [3.8, 4) is 0 Å². The van der Waals surface area contributed by atoms with Gasteiger partial charge in [-0.05, 0) is 23.8 Å². The van der Waals surface area contributed by atoms with Crippen LogP contribution >= 0.6 is 11.6 Å². The fraction of sp³-hybridized carbons (Fsp3) is 0.143. The van der Waals surface area contributed by atoms with Crippen molar-refractivity contribution in [3.05, 3.63) is 63.6 Å². The van der Waals surface area contributed by atoms with E-state index in [0.29, 0.717) is 18.5 Å². The SMILES string of the molecule is [NH3+]CCc1ccc(F)c(S(=O)(=O)[N-]c2ccccc2Cl)c1. The van der Waals surface area contributed by atoms with E-state index in [0.717, 1.165) is 6.07 Å². The zero-order valence-corrected chi connectivity index (χ0v) is 12.7. The Morgan fingerprint density at radius 2 is 1.90 bits per heavy atom. The summed E-state index contributed by atoms with van der Waals surface area (Å²) in [5, 5.41) is 0.190. The first-order valence-electron chi connectivity index (χ1n) is 6.24. The van der Waals surface area contributed by atoms with E-state index in [1.807, 2.05) is 0 Å². The van der Waals surface area contributed by atoms with Gasteiger partial charge in [-0.1, -0.05) is 35.9 Å². The lowest BCUT2D eigenvalue weighted by molar-refractivity contribution is -0.366. The van der Waals surface area contributed by atoms with Gasteiger partial charge in [0, 0.05) is 11.4 Å². The molecular weight excluding hydrogens is 315 g/mol. The molecule has 7 heteroatoms. The van der Waals surface area contributed by atoms with Crippen molar-refractivity contribution in [1.29, 1.82) is 0 Å². The lowest BCUT2D eigenvalue weighted by atomic mass is 10.1. The van der Waals surface area contributed by atoms with Gasteiger partial charge in [-0.3, -0.25) is 0 Å². The molecule has 0 aromatic heterocycles. The number of halogens is 2. The van der Waals surface area contributed by atoms with Crippen LogP contribution in [0.1, 0.15) is 5.56 Å². The van der Waals surface area contributed by atoms with Crippen molar-refractivity contribution in [2.75, 3.05) is 6.54 Å². The molecule has 21 heavy (non-hydrogen) atoms. The first-order chi connectivity index (χ1) is 9.94. The van der Waals surface area contributed by atoms with Gasteiger partial charge >= 0.3 is 0 Å². The third kappa shape index (κ3) is 3.72. The molecule has 0 unspecified atom stereocenters. The number of benzene rings is 2. The third-order valence-corrected chi connectivity index (χ3v) is 4.44. The molecule has 0 fully saturated rings. The summed E-state index contributed by atoms with van der Waals surface area (Å²) in [7, 11) is -4.16. The van der Waals surface area contributed by atoms with Gasteiger partial charge in [0.05, 0.1) is 11.4 Å². The minimum absolute atomic E-state index is 0.0844. The van der Waals surface area contributed by atoms with Gasteiger partial charge < -0.3 is 10.5 Å². The van der Waals surface area contributed by atoms with Crippen molar-refractivity contribution in [2.45, 2.75) is 11.3 Å². The fourth-order valence-corrected chi connectivity index (χ4v) is 3.17. The van der Waals surface area contributed by atoms with Crippen LogP contribution in [-0.2, 0) is 16.4 Å². The summed E-state index contributed by atoms with van der Waals surface area (Å²) < 4.78 is 41.9. The maximum atomic E-state index is 13.8. The highest BCUT2D eigenvalue weighted by atomic mass is 35.5. The van der Waals surface area contributed by atoms with Gasteiger partial charge in [0.25, 0.3) is 0 Å². The molecule has 0 saturated heterocycles. The first-order valence-corrected chi connectivity index (χ1v) is 8.06. The molecule has 0 bridgehead atoms. The Labute approximate surface area is 127 Å². The summed E-state index contributed by atoms with van der Waals surface area (Å²) in [4.78, 5) is -0.451. The van der Waals surface area contributed by atoms with E-state index in [1.54, 1.807) is 12.1 Å². The summed E-state index contributed by atoms with van der Waals surface area (Å²) in [5.74, 6) is -0.835. The first kappa shape index (κ1) is 15.8. The number of rotatable bonds is 5. The van der Waals surface area contributed by atoms with Crippen LogP contribution < -0.4 is 5.73 Å². The number of hydrogen-bond acceptors (Lipinski definition) is 2. The quantitative estimate of drug-likeness (QED) is 0.916. The smallest absolute Gasteiger partial charge is 0.140 e. The fourth-order valence-electron chi connectivity index (χ4n) is 1.81. The van der Waals surface area contributed by atoms with Crippen LogP contribution in [0.25, 0.3) is 4.72 Å². The molecule has 0 saturated carbocycles. The second-order valence-electron chi connectivity index (χ2n) is 4.39. The van der Waals surface area contributed by atoms with Gasteiger partial charge in [0.2, 0.25) is 0 Å². The molecule has 0 spiro atoms. The summed E-state index contributed by atoms with van der Waals surface area (Å²) in [6.07, 6.45) is 0.564. The Hall–Kier alpha value is -1.63. The predicted molar refractivity (Wildman–Crippen MR) is 79.5 cm³/mol. The highest BCUT2D eigenvalue weighted by molar-refractivity contribution is 7.94. The minimum atomic E-state index is -4.16. The monoisotopic (exact) mass is 328 g/mol. The third-order valence-electron chi connectivity index (χ3n) is 2.81. The molecule has 3 N–H and O–H groups in total. The maximum Gasteiger partial charge on any atom is 0.140 e. The molecule has 112 valence electrons. The summed E-state index contributed by atoms with van der Waals surface area (Å²) >= 11 is 5.88. The Kier molecular flexibility index (Phi) is 4.82. The topological polar surface area (TPSA) is 75.9 Å². The molecule has 0 aliphatic carbocycles. The lowest BCUT2D eigenvalue weighted by Crippen LogP contribution is -2.51. The largest absolute Gasteiger partial charge is 0.571 e. The average Bonchev–Trinajstić information content (AvgIpc) is 2.43. The predicted octanol–water partition coefficient (Wildman–Crippen LogP) is 2.66. The number of nitrogens with zero attached hydrogens (tertiary/aromatic N) is 1. The van der Waals surface area contributed by atoms with Gasteiger partial charge in [0.15, 0.2) is 0 Å². The Morgan fingerprint density at radius 1 is 1.19 bits per heavy atom. The highest BCUT2D eigenvalue weighted by Crippen LogP contribution is 2.34. The zero-order chi connectivity index (χ0) is 15.5. The van der Waals surface area contributed by atoms with Gasteiger partial charge in [-0.2, -0.15) is 0 Å². The van der Waals surface area contributed by atoms with Gasteiger partial charge in [-0.15, -0.1) is 5.69 Å². The van der Waals surface area contributed by atoms with Crippen LogP contribution in [0.4, 0.5) is 10.1 Å². The number of sulfonamides is 1. The standard InChI is InChI=1S/C14H13ClFN2O2S/c15-11-3-1-2-4-13(11)18-21(19,20)14-9-10(7-8-17)5-6-12(14)16/h1-6,9H,7-8,17H2/q-1/p+1. The summed E-state index contributed by atoms with van der Waals surface area (Å²) in [5.41, 5.74) is 4.47. The molecule has 2 aromatic rings. The molecule has 0 aliphatic heterocycles. The van der Waals surface area contributed by atoms with E-state index in [4.69, 9.17) is 11.6 Å². The number of hydrogen-bond donors (Lipinski definition) is 1. The van der Waals surface area contributed by atoms with E-state index < -0.39 is 20.7 Å². The number of quaternary nitrogens is 1. The summed E-state index contributed by atoms with van der Waals surface area (Å²) in [6.45, 7) is 0.590. The van der Waals surface area contributed by atoms with E-state index in [2.05, 4.69) is 10.5 Å². The lowest BCUT2D eigenvalue weighted by Gasteiger charge is -2.23. The van der Waals surface area contributed by atoms with Gasteiger partial charge in [0.1, 0.15) is 15.8 Å². The van der Waals surface area contributed by atoms with Crippen molar-refractivity contribution >= 4 is 27.3 Å². The second-order valence-corrected chi connectivity index (χ2v) is 6.37. The molecule has 0 amide bonds. The summed E-state index contributed by atoms with van der Waals surface area (Å²) in [6, 6.07) is 10.2. The molecule has 0 aliphatic rings. The normalized spacial score (nSPS) is 11.4. The van der Waals surface area contributed by atoms with E-state index >= 15 is 0 Å². The zero-order valence-electron chi connectivity index (χ0n) is 11.1. The minimum Gasteiger partial charge on any atom is -0.571 e. The van der Waals surface area contributed by atoms with Crippen LogP contribution in [0.2, 0.25) is 5.02 Å².